The Morgan fingerprint density at radius 2 is 2.04 bits per heavy atom. The second-order valence-corrected chi connectivity index (χ2v) is 8.68. The van der Waals surface area contributed by atoms with Gasteiger partial charge >= 0.3 is 0 Å². The van der Waals surface area contributed by atoms with Gasteiger partial charge in [-0.15, -0.1) is 11.3 Å². The van der Waals surface area contributed by atoms with Crippen LogP contribution in [-0.2, 0) is 12.2 Å². The fourth-order valence-corrected chi connectivity index (χ4v) is 5.56. The van der Waals surface area contributed by atoms with E-state index in [0.29, 0.717) is 0 Å². The lowest BCUT2D eigenvalue weighted by atomic mass is 10.2. The molecule has 1 saturated carbocycles. The summed E-state index contributed by atoms with van der Waals surface area (Å²) in [6.07, 6.45) is 6.70. The summed E-state index contributed by atoms with van der Waals surface area (Å²) in [5.74, 6) is 0.762. The van der Waals surface area contributed by atoms with Gasteiger partial charge in [0.05, 0.1) is 21.6 Å². The summed E-state index contributed by atoms with van der Waals surface area (Å²) in [7, 11) is 0. The average molecular weight is 386 g/mol. The molecule has 6 heteroatoms. The predicted octanol–water partition coefficient (Wildman–Crippen LogP) is 5.21. The number of hydrogen-bond acceptors (Lipinski definition) is 5. The highest BCUT2D eigenvalue weighted by atomic mass is 32.2. The molecule has 2 heterocycles. The fourth-order valence-electron chi connectivity index (χ4n) is 3.59. The topological polar surface area (TPSA) is 47.8 Å². The first-order valence-corrected chi connectivity index (χ1v) is 11.2. The van der Waals surface area contributed by atoms with Crippen LogP contribution < -0.4 is 5.56 Å². The van der Waals surface area contributed by atoms with Crippen LogP contribution in [0.4, 0.5) is 0 Å². The molecule has 136 valence electrons. The van der Waals surface area contributed by atoms with E-state index in [4.69, 9.17) is 9.97 Å². The third-order valence-corrected chi connectivity index (χ3v) is 6.82. The maximum atomic E-state index is 13.1. The summed E-state index contributed by atoms with van der Waals surface area (Å²) < 4.78 is 1.96. The summed E-state index contributed by atoms with van der Waals surface area (Å²) in [5, 5.41) is 4.90. The van der Waals surface area contributed by atoms with Crippen molar-refractivity contribution < 1.29 is 0 Å². The van der Waals surface area contributed by atoms with Crippen LogP contribution in [-0.4, -0.2) is 14.5 Å². The van der Waals surface area contributed by atoms with Gasteiger partial charge in [-0.2, -0.15) is 0 Å². The van der Waals surface area contributed by atoms with Gasteiger partial charge in [0, 0.05) is 17.2 Å². The quantitative estimate of drug-likeness (QED) is 0.431. The Hall–Kier alpha value is -1.66. The highest BCUT2D eigenvalue weighted by Crippen LogP contribution is 2.33. The van der Waals surface area contributed by atoms with E-state index in [1.807, 2.05) is 28.8 Å². The van der Waals surface area contributed by atoms with E-state index in [-0.39, 0.29) is 11.6 Å². The molecule has 0 N–H and O–H groups in total. The second-order valence-electron chi connectivity index (χ2n) is 6.80. The van der Waals surface area contributed by atoms with Crippen molar-refractivity contribution in [3.8, 4) is 0 Å². The average Bonchev–Trinajstić information content (AvgIpc) is 3.32. The number of nitrogens with zero attached hydrogens (tertiary/aromatic N) is 3. The molecule has 0 aliphatic heterocycles. The standard InChI is InChI=1S/C20H23N3OS2/c1-2-7-18-21-14(12-25-18)13-26-20-22-17-11-6-5-10-16(17)19(24)23(20)15-8-3-4-9-15/h5-6,10-12,15H,2-4,7-9,13H2,1H3. The molecule has 4 nitrogen and oxygen atoms in total. The summed E-state index contributed by atoms with van der Waals surface area (Å²) >= 11 is 3.37. The van der Waals surface area contributed by atoms with Gasteiger partial charge < -0.3 is 0 Å². The third kappa shape index (κ3) is 3.58. The lowest BCUT2D eigenvalue weighted by Gasteiger charge is -2.18. The van der Waals surface area contributed by atoms with Crippen molar-refractivity contribution in [2.24, 2.45) is 0 Å². The van der Waals surface area contributed by atoms with E-state index in [1.54, 1.807) is 23.1 Å². The van der Waals surface area contributed by atoms with Gasteiger partial charge in [0.1, 0.15) is 0 Å². The minimum atomic E-state index is 0.106. The van der Waals surface area contributed by atoms with Crippen molar-refractivity contribution in [1.29, 1.82) is 0 Å². The van der Waals surface area contributed by atoms with Crippen molar-refractivity contribution in [2.45, 2.75) is 62.4 Å². The zero-order valence-corrected chi connectivity index (χ0v) is 16.6. The highest BCUT2D eigenvalue weighted by molar-refractivity contribution is 7.98. The molecule has 0 saturated heterocycles. The second kappa shape index (κ2) is 7.92. The SMILES string of the molecule is CCCc1nc(CSc2nc3ccccc3c(=O)n2C2CCCC2)cs1. The molecule has 2 aromatic heterocycles. The molecule has 3 aromatic rings. The highest BCUT2D eigenvalue weighted by Gasteiger charge is 2.23. The van der Waals surface area contributed by atoms with Crippen LogP contribution in [0.2, 0.25) is 0 Å². The van der Waals surface area contributed by atoms with Gasteiger partial charge in [-0.3, -0.25) is 9.36 Å². The molecule has 0 radical (unpaired) electrons. The van der Waals surface area contributed by atoms with Crippen molar-refractivity contribution in [1.82, 2.24) is 14.5 Å². The summed E-state index contributed by atoms with van der Waals surface area (Å²) in [6.45, 7) is 2.18. The maximum absolute atomic E-state index is 13.1. The molecular weight excluding hydrogens is 362 g/mol. The first-order chi connectivity index (χ1) is 12.8. The van der Waals surface area contributed by atoms with Crippen molar-refractivity contribution in [3.63, 3.8) is 0 Å². The van der Waals surface area contributed by atoms with Gasteiger partial charge in [-0.25, -0.2) is 9.97 Å². The van der Waals surface area contributed by atoms with Crippen LogP contribution in [0.15, 0.2) is 39.6 Å². The number of rotatable bonds is 6. The number of benzene rings is 1. The Morgan fingerprint density at radius 1 is 1.23 bits per heavy atom. The van der Waals surface area contributed by atoms with E-state index in [2.05, 4.69) is 12.3 Å². The molecule has 1 aliphatic carbocycles. The summed E-state index contributed by atoms with van der Waals surface area (Å²) in [5.41, 5.74) is 1.98. The lowest BCUT2D eigenvalue weighted by Crippen LogP contribution is -2.26. The first-order valence-electron chi connectivity index (χ1n) is 9.33. The fraction of sp³-hybridized carbons (Fsp3) is 0.450. The Bertz CT molecular complexity index is 957. The third-order valence-electron chi connectivity index (χ3n) is 4.88. The minimum Gasteiger partial charge on any atom is -0.284 e. The number of thioether (sulfide) groups is 1. The molecule has 1 fully saturated rings. The van der Waals surface area contributed by atoms with Gasteiger partial charge in [-0.1, -0.05) is 43.7 Å². The van der Waals surface area contributed by atoms with Crippen molar-refractivity contribution in [2.75, 3.05) is 0 Å². The van der Waals surface area contributed by atoms with Crippen LogP contribution in [0.1, 0.15) is 55.8 Å². The monoisotopic (exact) mass is 385 g/mol. The number of thiazole rings is 1. The predicted molar refractivity (Wildman–Crippen MR) is 109 cm³/mol. The zero-order chi connectivity index (χ0) is 17.9. The largest absolute Gasteiger partial charge is 0.284 e. The smallest absolute Gasteiger partial charge is 0.262 e. The Balaban J connectivity index is 1.67. The Morgan fingerprint density at radius 3 is 2.85 bits per heavy atom. The van der Waals surface area contributed by atoms with Crippen LogP contribution in [0.3, 0.4) is 0 Å². The van der Waals surface area contributed by atoms with Crippen LogP contribution >= 0.6 is 23.1 Å². The number of aromatic nitrogens is 3. The number of fused-ring (bicyclic) bond motifs is 1. The zero-order valence-electron chi connectivity index (χ0n) is 15.0. The molecule has 0 spiro atoms. The maximum Gasteiger partial charge on any atom is 0.262 e. The number of hydrogen-bond donors (Lipinski definition) is 0. The molecular formula is C20H23N3OS2. The van der Waals surface area contributed by atoms with Crippen LogP contribution in [0, 0.1) is 0 Å². The normalized spacial score (nSPS) is 15.1. The lowest BCUT2D eigenvalue weighted by molar-refractivity contribution is 0.457. The van der Waals surface area contributed by atoms with E-state index in [0.717, 1.165) is 53.2 Å². The Labute approximate surface area is 161 Å². The van der Waals surface area contributed by atoms with Gasteiger partial charge in [0.25, 0.3) is 5.56 Å². The number of aryl methyl sites for hydroxylation is 1. The van der Waals surface area contributed by atoms with E-state index in [9.17, 15) is 4.79 Å². The minimum absolute atomic E-state index is 0.106. The molecule has 0 atom stereocenters. The molecule has 26 heavy (non-hydrogen) atoms. The van der Waals surface area contributed by atoms with Gasteiger partial charge in [-0.05, 0) is 37.8 Å². The summed E-state index contributed by atoms with van der Waals surface area (Å²) in [4.78, 5) is 22.7. The van der Waals surface area contributed by atoms with Gasteiger partial charge in [0.15, 0.2) is 5.16 Å². The van der Waals surface area contributed by atoms with Crippen LogP contribution in [0.25, 0.3) is 10.9 Å². The van der Waals surface area contributed by atoms with Crippen molar-refractivity contribution in [3.05, 3.63) is 50.7 Å². The molecule has 0 bridgehead atoms. The molecule has 1 aromatic carbocycles. The van der Waals surface area contributed by atoms with Crippen LogP contribution in [0.5, 0.6) is 0 Å². The van der Waals surface area contributed by atoms with Gasteiger partial charge in [0.2, 0.25) is 0 Å². The Kier molecular flexibility index (Phi) is 5.41. The number of para-hydroxylation sites is 1. The first kappa shape index (κ1) is 17.7. The van der Waals surface area contributed by atoms with E-state index in [1.165, 1.54) is 17.8 Å². The molecule has 0 unspecified atom stereocenters. The molecule has 0 amide bonds. The van der Waals surface area contributed by atoms with E-state index < -0.39 is 0 Å². The summed E-state index contributed by atoms with van der Waals surface area (Å²) in [6, 6.07) is 7.97. The molecule has 4 rings (SSSR count). The molecule has 1 aliphatic rings. The van der Waals surface area contributed by atoms with E-state index >= 15 is 0 Å². The van der Waals surface area contributed by atoms with Crippen molar-refractivity contribution >= 4 is 34.0 Å².